The van der Waals surface area contributed by atoms with Crippen molar-refractivity contribution in [1.82, 2.24) is 5.32 Å². The minimum Gasteiger partial charge on any atom is -0.481 e. The van der Waals surface area contributed by atoms with E-state index in [0.717, 1.165) is 5.56 Å². The van der Waals surface area contributed by atoms with Crippen LogP contribution in [0.15, 0.2) is 42.5 Å². The van der Waals surface area contributed by atoms with Gasteiger partial charge in [-0.2, -0.15) is 0 Å². The largest absolute Gasteiger partial charge is 0.481 e. The van der Waals surface area contributed by atoms with E-state index >= 15 is 0 Å². The second-order valence-electron chi connectivity index (χ2n) is 7.13. The van der Waals surface area contributed by atoms with E-state index < -0.39 is 18.2 Å². The molecule has 1 aliphatic rings. The van der Waals surface area contributed by atoms with E-state index in [-0.39, 0.29) is 30.0 Å². The number of aliphatic carboxylic acids is 1. The number of ether oxygens (including phenoxy) is 1. The maximum absolute atomic E-state index is 10.5. The van der Waals surface area contributed by atoms with Crippen LogP contribution in [0.2, 0.25) is 0 Å². The average molecular weight is 408 g/mol. The number of hydrogen-bond acceptors (Lipinski definition) is 5. The van der Waals surface area contributed by atoms with Gasteiger partial charge in [0, 0.05) is 18.9 Å². The van der Waals surface area contributed by atoms with Crippen molar-refractivity contribution < 1.29 is 24.9 Å². The Morgan fingerprint density at radius 1 is 1.18 bits per heavy atom. The van der Waals surface area contributed by atoms with E-state index in [1.54, 1.807) is 0 Å². The molecule has 4 atom stereocenters. The molecule has 4 N–H and O–H groups in total. The van der Waals surface area contributed by atoms with Gasteiger partial charge in [-0.05, 0) is 49.4 Å². The maximum Gasteiger partial charge on any atom is 0.303 e. The van der Waals surface area contributed by atoms with Gasteiger partial charge >= 0.3 is 5.97 Å². The van der Waals surface area contributed by atoms with Crippen LogP contribution in [0.4, 0.5) is 0 Å². The van der Waals surface area contributed by atoms with Crippen LogP contribution >= 0.6 is 12.2 Å². The monoisotopic (exact) mass is 407 g/mol. The summed E-state index contributed by atoms with van der Waals surface area (Å²) in [5.41, 5.74) is 1.09. The van der Waals surface area contributed by atoms with Crippen molar-refractivity contribution >= 4 is 23.4 Å². The first-order valence-electron chi connectivity index (χ1n) is 9.65. The highest BCUT2D eigenvalue weighted by Crippen LogP contribution is 2.35. The molecule has 0 bridgehead atoms. The number of unbranched alkanes of at least 4 members (excludes halogenated alkanes) is 1. The first-order chi connectivity index (χ1) is 13.5. The number of rotatable bonds is 10. The van der Waals surface area contributed by atoms with Crippen molar-refractivity contribution in [3.63, 3.8) is 0 Å². The molecule has 0 radical (unpaired) electrons. The summed E-state index contributed by atoms with van der Waals surface area (Å²) in [6, 6.07) is 9.84. The van der Waals surface area contributed by atoms with Crippen LogP contribution in [-0.4, -0.2) is 45.3 Å². The second kappa shape index (κ2) is 11.8. The Kier molecular flexibility index (Phi) is 9.40. The third-order valence-electron chi connectivity index (χ3n) is 5.04. The Hall–Kier alpha value is -1.96. The predicted octanol–water partition coefficient (Wildman–Crippen LogP) is 2.64. The van der Waals surface area contributed by atoms with Crippen LogP contribution in [0.1, 0.15) is 37.7 Å². The first kappa shape index (κ1) is 22.3. The fraction of sp³-hybridized carbons (Fsp3) is 0.524. The van der Waals surface area contributed by atoms with Gasteiger partial charge in [-0.1, -0.05) is 42.5 Å². The van der Waals surface area contributed by atoms with Crippen molar-refractivity contribution in [2.45, 2.75) is 50.9 Å². The Balaban J connectivity index is 1.75. The zero-order valence-electron chi connectivity index (χ0n) is 15.9. The summed E-state index contributed by atoms with van der Waals surface area (Å²) in [7, 11) is 0. The number of carboxylic acid groups (broad SMARTS) is 1. The van der Waals surface area contributed by atoms with Gasteiger partial charge in [0.05, 0.1) is 18.8 Å². The Bertz CT molecular complexity index is 651. The molecule has 1 saturated carbocycles. The third-order valence-corrected chi connectivity index (χ3v) is 5.31. The van der Waals surface area contributed by atoms with Crippen molar-refractivity contribution in [3.8, 4) is 0 Å². The summed E-state index contributed by atoms with van der Waals surface area (Å²) in [6.07, 6.45) is 5.05. The van der Waals surface area contributed by atoms with E-state index in [1.807, 2.05) is 42.5 Å². The molecular formula is C21H29NO5S. The zero-order valence-corrected chi connectivity index (χ0v) is 16.7. The SMILES string of the molecule is O=C(O)CCC/C=C/CC1C(O)CC(O)C1COC(=S)NCc1ccccc1. The summed E-state index contributed by atoms with van der Waals surface area (Å²) in [5.74, 6) is -1.10. The van der Waals surface area contributed by atoms with Gasteiger partial charge in [-0.15, -0.1) is 0 Å². The smallest absolute Gasteiger partial charge is 0.303 e. The van der Waals surface area contributed by atoms with Crippen LogP contribution in [0.25, 0.3) is 0 Å². The number of aliphatic hydroxyl groups is 2. The van der Waals surface area contributed by atoms with E-state index in [4.69, 9.17) is 22.1 Å². The molecule has 28 heavy (non-hydrogen) atoms. The molecule has 0 aromatic heterocycles. The van der Waals surface area contributed by atoms with Crippen molar-refractivity contribution in [3.05, 3.63) is 48.0 Å². The van der Waals surface area contributed by atoms with E-state index in [0.29, 0.717) is 32.2 Å². The lowest BCUT2D eigenvalue weighted by molar-refractivity contribution is -0.137. The lowest BCUT2D eigenvalue weighted by atomic mass is 9.91. The van der Waals surface area contributed by atoms with Gasteiger partial charge in [0.1, 0.15) is 0 Å². The third kappa shape index (κ3) is 7.58. The van der Waals surface area contributed by atoms with Crippen LogP contribution < -0.4 is 5.32 Å². The molecule has 0 spiro atoms. The lowest BCUT2D eigenvalue weighted by Gasteiger charge is -2.23. The summed E-state index contributed by atoms with van der Waals surface area (Å²) < 4.78 is 5.63. The quantitative estimate of drug-likeness (QED) is 0.269. The fourth-order valence-corrected chi connectivity index (χ4v) is 3.61. The minimum absolute atomic E-state index is 0.109. The van der Waals surface area contributed by atoms with Gasteiger partial charge in [-0.25, -0.2) is 0 Å². The van der Waals surface area contributed by atoms with Gasteiger partial charge in [0.25, 0.3) is 5.17 Å². The zero-order chi connectivity index (χ0) is 20.4. The number of hydrogen-bond donors (Lipinski definition) is 4. The summed E-state index contributed by atoms with van der Waals surface area (Å²) in [4.78, 5) is 10.5. The standard InChI is InChI=1S/C21H29NO5S/c23-18-12-19(24)17(16(18)10-6-1-2-7-11-20(25)26)14-27-21(28)22-13-15-8-4-3-5-9-15/h1,3-6,8-9,16-19,23-24H,2,7,10-14H2,(H,22,28)(H,25,26)/b6-1+. The summed E-state index contributed by atoms with van der Waals surface area (Å²) in [5, 5.41) is 32.5. The highest BCUT2D eigenvalue weighted by atomic mass is 32.1. The highest BCUT2D eigenvalue weighted by Gasteiger charge is 2.41. The molecule has 1 fully saturated rings. The number of carbonyl (C=O) groups is 1. The first-order valence-corrected chi connectivity index (χ1v) is 10.1. The molecule has 0 heterocycles. The fourth-order valence-electron chi connectivity index (χ4n) is 3.47. The molecule has 4 unspecified atom stereocenters. The molecule has 154 valence electrons. The van der Waals surface area contributed by atoms with Crippen molar-refractivity contribution in [2.75, 3.05) is 6.61 Å². The van der Waals surface area contributed by atoms with Gasteiger partial charge < -0.3 is 25.4 Å². The highest BCUT2D eigenvalue weighted by molar-refractivity contribution is 7.80. The molecule has 1 aromatic rings. The van der Waals surface area contributed by atoms with Gasteiger partial charge in [0.2, 0.25) is 0 Å². The molecule has 6 nitrogen and oxygen atoms in total. The average Bonchev–Trinajstić information content (AvgIpc) is 2.94. The number of carboxylic acids is 1. The normalized spacial score (nSPS) is 24.4. The van der Waals surface area contributed by atoms with Gasteiger partial charge in [-0.3, -0.25) is 4.79 Å². The Morgan fingerprint density at radius 2 is 1.89 bits per heavy atom. The molecule has 7 heteroatoms. The number of benzene rings is 1. The molecule has 0 saturated heterocycles. The molecule has 1 aliphatic carbocycles. The van der Waals surface area contributed by atoms with E-state index in [1.165, 1.54) is 0 Å². The minimum atomic E-state index is -0.795. The van der Waals surface area contributed by atoms with Crippen LogP contribution in [0.3, 0.4) is 0 Å². The number of allylic oxidation sites excluding steroid dienone is 2. The van der Waals surface area contributed by atoms with Crippen molar-refractivity contribution in [2.24, 2.45) is 11.8 Å². The van der Waals surface area contributed by atoms with Crippen molar-refractivity contribution in [1.29, 1.82) is 0 Å². The van der Waals surface area contributed by atoms with Crippen LogP contribution in [-0.2, 0) is 16.1 Å². The Labute approximate surface area is 171 Å². The predicted molar refractivity (Wildman–Crippen MR) is 111 cm³/mol. The van der Waals surface area contributed by atoms with Crippen LogP contribution in [0.5, 0.6) is 0 Å². The van der Waals surface area contributed by atoms with E-state index in [9.17, 15) is 15.0 Å². The Morgan fingerprint density at radius 3 is 2.61 bits per heavy atom. The summed E-state index contributed by atoms with van der Waals surface area (Å²) in [6.45, 7) is 0.814. The molecule has 1 aromatic carbocycles. The number of thiocarbonyl (C=S) groups is 1. The van der Waals surface area contributed by atoms with E-state index in [2.05, 4.69) is 5.32 Å². The summed E-state index contributed by atoms with van der Waals surface area (Å²) >= 11 is 5.21. The molecular weight excluding hydrogens is 378 g/mol. The lowest BCUT2D eigenvalue weighted by Crippen LogP contribution is -2.31. The maximum atomic E-state index is 10.5. The molecule has 0 amide bonds. The topological polar surface area (TPSA) is 99.0 Å². The molecule has 0 aliphatic heterocycles. The van der Waals surface area contributed by atoms with Gasteiger partial charge in [0.15, 0.2) is 0 Å². The number of nitrogens with one attached hydrogen (secondary N) is 1. The van der Waals surface area contributed by atoms with Crippen LogP contribution in [0, 0.1) is 11.8 Å². The second-order valence-corrected chi connectivity index (χ2v) is 7.50. The molecule has 2 rings (SSSR count). The number of aliphatic hydroxyl groups excluding tert-OH is 2.